The molecule has 0 N–H and O–H groups in total. The van der Waals surface area contributed by atoms with Gasteiger partial charge in [0.2, 0.25) is 11.8 Å². The van der Waals surface area contributed by atoms with Crippen LogP contribution in [-0.4, -0.2) is 35.7 Å². The minimum atomic E-state index is -0.181. The number of hydrogen-bond acceptors (Lipinski definition) is 3. The van der Waals surface area contributed by atoms with Gasteiger partial charge in [-0.1, -0.05) is 25.0 Å². The molecule has 6 aliphatic rings. The zero-order valence-electron chi connectivity index (χ0n) is 16.5. The Morgan fingerprint density at radius 2 is 1.34 bits per heavy atom. The van der Waals surface area contributed by atoms with E-state index in [9.17, 15) is 14.4 Å². The summed E-state index contributed by atoms with van der Waals surface area (Å²) in [5.41, 5.74) is 1.24. The highest BCUT2D eigenvalue weighted by Gasteiger charge is 2.67. The number of hydrogen-bond donors (Lipinski definition) is 0. The minimum absolute atomic E-state index is 0.0451. The van der Waals surface area contributed by atoms with E-state index >= 15 is 0 Å². The largest absolute Gasteiger partial charge is 0.339 e. The number of carbonyl (C=O) groups is 3. The standard InChI is InChI=1S/C24H26N2O3/c27-22(25-11-3-1-2-4-12-25)14-5-7-15(8-6-14)26-23(28)20-16-9-10-17(19-13-18(16)19)21(20)24(26)29/h5-10,16-21H,1-4,11-13H2/t16-,17-,18-,19-,20-,21+/m1/s1. The number of benzene rings is 1. The molecule has 5 heteroatoms. The van der Waals surface area contributed by atoms with Crippen LogP contribution in [-0.2, 0) is 9.59 Å². The highest BCUT2D eigenvalue weighted by molar-refractivity contribution is 6.22. The van der Waals surface area contributed by atoms with Crippen molar-refractivity contribution in [3.8, 4) is 0 Å². The van der Waals surface area contributed by atoms with Gasteiger partial charge in [0.1, 0.15) is 0 Å². The van der Waals surface area contributed by atoms with Crippen LogP contribution in [0.4, 0.5) is 5.69 Å². The monoisotopic (exact) mass is 390 g/mol. The highest BCUT2D eigenvalue weighted by atomic mass is 16.2. The second-order valence-corrected chi connectivity index (χ2v) is 9.42. The second kappa shape index (κ2) is 6.28. The van der Waals surface area contributed by atoms with Crippen LogP contribution in [0.1, 0.15) is 42.5 Å². The highest BCUT2D eigenvalue weighted by Crippen LogP contribution is 2.65. The molecule has 5 nitrogen and oxygen atoms in total. The van der Waals surface area contributed by atoms with Gasteiger partial charge in [0.05, 0.1) is 17.5 Å². The number of amides is 3. The molecule has 3 amide bonds. The van der Waals surface area contributed by atoms with Crippen molar-refractivity contribution >= 4 is 23.4 Å². The molecule has 6 atom stereocenters. The van der Waals surface area contributed by atoms with E-state index in [4.69, 9.17) is 0 Å². The summed E-state index contributed by atoms with van der Waals surface area (Å²) >= 11 is 0. The van der Waals surface area contributed by atoms with E-state index in [1.807, 2.05) is 4.90 Å². The zero-order valence-corrected chi connectivity index (χ0v) is 16.5. The van der Waals surface area contributed by atoms with Crippen molar-refractivity contribution in [1.82, 2.24) is 4.90 Å². The molecule has 2 saturated carbocycles. The van der Waals surface area contributed by atoms with Crippen LogP contribution in [0.25, 0.3) is 0 Å². The summed E-state index contributed by atoms with van der Waals surface area (Å²) in [5, 5.41) is 0. The van der Waals surface area contributed by atoms with Crippen LogP contribution in [0.15, 0.2) is 36.4 Å². The third-order valence-electron chi connectivity index (χ3n) is 7.93. The van der Waals surface area contributed by atoms with Crippen molar-refractivity contribution in [2.45, 2.75) is 32.1 Å². The van der Waals surface area contributed by atoms with E-state index in [2.05, 4.69) is 12.2 Å². The molecule has 2 aliphatic heterocycles. The van der Waals surface area contributed by atoms with Crippen molar-refractivity contribution in [2.75, 3.05) is 18.0 Å². The Labute approximate surface area is 170 Å². The topological polar surface area (TPSA) is 57.7 Å². The molecule has 2 saturated heterocycles. The SMILES string of the molecule is O=C(c1ccc(N2C(=O)[C@@H]3[C@@H]4C=C[C@H]([C@H]5C[C@H]45)[C@@H]3C2=O)cc1)N1CCCCCC1. The maximum Gasteiger partial charge on any atom is 0.253 e. The molecule has 0 unspecified atom stereocenters. The van der Waals surface area contributed by atoms with E-state index in [1.54, 1.807) is 24.3 Å². The van der Waals surface area contributed by atoms with Gasteiger partial charge in [-0.15, -0.1) is 0 Å². The third kappa shape index (κ3) is 2.49. The molecule has 0 radical (unpaired) electrons. The Bertz CT molecular complexity index is 877. The number of carbonyl (C=O) groups excluding carboxylic acids is 3. The molecule has 0 spiro atoms. The molecule has 1 aromatic carbocycles. The average Bonchev–Trinajstić information content (AvgIpc) is 3.55. The summed E-state index contributed by atoms with van der Waals surface area (Å²) in [6, 6.07) is 7.09. The van der Waals surface area contributed by atoms with Gasteiger partial charge in [-0.3, -0.25) is 19.3 Å². The van der Waals surface area contributed by atoms with Crippen LogP contribution in [0.5, 0.6) is 0 Å². The summed E-state index contributed by atoms with van der Waals surface area (Å²) in [4.78, 5) is 42.6. The number of allylic oxidation sites excluding steroid dienone is 2. The van der Waals surface area contributed by atoms with Crippen molar-refractivity contribution < 1.29 is 14.4 Å². The van der Waals surface area contributed by atoms with Crippen molar-refractivity contribution in [3.05, 3.63) is 42.0 Å². The summed E-state index contributed by atoms with van der Waals surface area (Å²) in [6.45, 7) is 1.62. The van der Waals surface area contributed by atoms with Gasteiger partial charge in [0.25, 0.3) is 5.91 Å². The lowest BCUT2D eigenvalue weighted by Crippen LogP contribution is -2.40. The smallest absolute Gasteiger partial charge is 0.253 e. The molecule has 29 heavy (non-hydrogen) atoms. The van der Waals surface area contributed by atoms with E-state index in [0.717, 1.165) is 25.9 Å². The normalized spacial score (nSPS) is 37.4. The lowest BCUT2D eigenvalue weighted by molar-refractivity contribution is -0.124. The minimum Gasteiger partial charge on any atom is -0.339 e. The molecule has 2 bridgehead atoms. The first-order valence-corrected chi connectivity index (χ1v) is 11.1. The third-order valence-corrected chi connectivity index (χ3v) is 7.93. The fourth-order valence-corrected chi connectivity index (χ4v) is 6.42. The zero-order chi connectivity index (χ0) is 19.7. The molecule has 1 aromatic rings. The molecule has 7 rings (SSSR count). The van der Waals surface area contributed by atoms with Crippen molar-refractivity contribution in [2.24, 2.45) is 35.5 Å². The fraction of sp³-hybridized carbons (Fsp3) is 0.542. The molecule has 4 aliphatic carbocycles. The summed E-state index contributed by atoms with van der Waals surface area (Å²) in [7, 11) is 0. The number of imide groups is 1. The van der Waals surface area contributed by atoms with E-state index in [0.29, 0.717) is 23.1 Å². The van der Waals surface area contributed by atoms with E-state index < -0.39 is 0 Å². The van der Waals surface area contributed by atoms with Gasteiger partial charge in [-0.25, -0.2) is 0 Å². The number of nitrogens with zero attached hydrogens (tertiary/aromatic N) is 2. The van der Waals surface area contributed by atoms with Gasteiger partial charge in [0, 0.05) is 18.7 Å². The van der Waals surface area contributed by atoms with Gasteiger partial charge in [-0.05, 0) is 67.2 Å². The summed E-state index contributed by atoms with van der Waals surface area (Å²) < 4.78 is 0. The molecule has 4 fully saturated rings. The maximum absolute atomic E-state index is 13.2. The number of rotatable bonds is 2. The van der Waals surface area contributed by atoms with Crippen molar-refractivity contribution in [1.29, 1.82) is 0 Å². The average molecular weight is 390 g/mol. The fourth-order valence-electron chi connectivity index (χ4n) is 6.42. The maximum atomic E-state index is 13.2. The van der Waals surface area contributed by atoms with Gasteiger partial charge < -0.3 is 4.90 Å². The predicted octanol–water partition coefficient (Wildman–Crippen LogP) is 3.26. The molecular weight excluding hydrogens is 364 g/mol. The summed E-state index contributed by atoms with van der Waals surface area (Å²) in [5.74, 6) is 1.29. The summed E-state index contributed by atoms with van der Waals surface area (Å²) in [6.07, 6.45) is 10.0. The first kappa shape index (κ1) is 17.4. The molecular formula is C24H26N2O3. The molecule has 2 heterocycles. The van der Waals surface area contributed by atoms with E-state index in [1.165, 1.54) is 24.2 Å². The second-order valence-electron chi connectivity index (χ2n) is 9.42. The van der Waals surface area contributed by atoms with E-state index in [-0.39, 0.29) is 41.4 Å². The van der Waals surface area contributed by atoms with Gasteiger partial charge >= 0.3 is 0 Å². The number of anilines is 1. The van der Waals surface area contributed by atoms with Crippen molar-refractivity contribution in [3.63, 3.8) is 0 Å². The molecule has 150 valence electrons. The first-order valence-electron chi connectivity index (χ1n) is 11.1. The van der Waals surface area contributed by atoms with Crippen LogP contribution in [0, 0.1) is 35.5 Å². The Hall–Kier alpha value is -2.43. The lowest BCUT2D eigenvalue weighted by atomic mass is 9.63. The number of likely N-dealkylation sites (tertiary alicyclic amines) is 1. The Morgan fingerprint density at radius 1 is 0.793 bits per heavy atom. The lowest BCUT2D eigenvalue weighted by Gasteiger charge is -2.37. The van der Waals surface area contributed by atoms with Crippen LogP contribution in [0.2, 0.25) is 0 Å². The Morgan fingerprint density at radius 3 is 1.90 bits per heavy atom. The van der Waals surface area contributed by atoms with Gasteiger partial charge in [-0.2, -0.15) is 0 Å². The Kier molecular flexibility index (Phi) is 3.78. The Balaban J connectivity index is 1.24. The van der Waals surface area contributed by atoms with Crippen LogP contribution < -0.4 is 4.90 Å². The van der Waals surface area contributed by atoms with Crippen LogP contribution in [0.3, 0.4) is 0 Å². The first-order chi connectivity index (χ1) is 14.1. The quantitative estimate of drug-likeness (QED) is 0.575. The van der Waals surface area contributed by atoms with Crippen LogP contribution >= 0.6 is 0 Å². The van der Waals surface area contributed by atoms with Gasteiger partial charge in [0.15, 0.2) is 0 Å². The molecule has 0 aromatic heterocycles. The predicted molar refractivity (Wildman–Crippen MR) is 108 cm³/mol.